The predicted molar refractivity (Wildman–Crippen MR) is 78.2 cm³/mol. The topological polar surface area (TPSA) is 72.5 Å². The number of halogens is 1. The number of ether oxygens (including phenoxy) is 1. The lowest BCUT2D eigenvalue weighted by molar-refractivity contribution is 0.0600. The maximum absolute atomic E-state index is 13.9. The van der Waals surface area contributed by atoms with Gasteiger partial charge in [-0.1, -0.05) is 30.3 Å². The summed E-state index contributed by atoms with van der Waals surface area (Å²) in [6.07, 6.45) is 0. The van der Waals surface area contributed by atoms with Gasteiger partial charge in [0.15, 0.2) is 0 Å². The van der Waals surface area contributed by atoms with Crippen LogP contribution in [0.15, 0.2) is 53.4 Å². The SMILES string of the molecule is COC(=O)c1ccc(S(=O)(=O)NCc2ccccc2)c(F)c1. The summed E-state index contributed by atoms with van der Waals surface area (Å²) in [4.78, 5) is 10.8. The summed E-state index contributed by atoms with van der Waals surface area (Å²) in [6.45, 7) is 0.0430. The van der Waals surface area contributed by atoms with E-state index in [4.69, 9.17) is 0 Å². The molecule has 0 amide bonds. The molecule has 0 unspecified atom stereocenters. The number of rotatable bonds is 5. The van der Waals surface area contributed by atoms with Crippen molar-refractivity contribution in [1.82, 2.24) is 4.72 Å². The molecular weight excluding hydrogens is 309 g/mol. The number of hydrogen-bond acceptors (Lipinski definition) is 4. The second kappa shape index (κ2) is 6.67. The van der Waals surface area contributed by atoms with Crippen LogP contribution in [0.3, 0.4) is 0 Å². The van der Waals surface area contributed by atoms with Crippen molar-refractivity contribution in [3.05, 3.63) is 65.5 Å². The van der Waals surface area contributed by atoms with E-state index in [-0.39, 0.29) is 12.1 Å². The smallest absolute Gasteiger partial charge is 0.337 e. The molecule has 0 fully saturated rings. The predicted octanol–water partition coefficient (Wildman–Crippen LogP) is 2.09. The van der Waals surface area contributed by atoms with E-state index in [9.17, 15) is 17.6 Å². The Labute approximate surface area is 127 Å². The highest BCUT2D eigenvalue weighted by Crippen LogP contribution is 2.17. The van der Waals surface area contributed by atoms with E-state index in [0.29, 0.717) is 0 Å². The summed E-state index contributed by atoms with van der Waals surface area (Å²) in [6, 6.07) is 11.9. The van der Waals surface area contributed by atoms with Gasteiger partial charge in [-0.25, -0.2) is 22.3 Å². The van der Waals surface area contributed by atoms with E-state index in [1.54, 1.807) is 24.3 Å². The van der Waals surface area contributed by atoms with Gasteiger partial charge in [-0.2, -0.15) is 0 Å². The number of esters is 1. The fourth-order valence-corrected chi connectivity index (χ4v) is 2.89. The van der Waals surface area contributed by atoms with Gasteiger partial charge < -0.3 is 4.74 Å². The molecule has 1 N–H and O–H groups in total. The zero-order valence-corrected chi connectivity index (χ0v) is 12.6. The van der Waals surface area contributed by atoms with E-state index in [0.717, 1.165) is 24.8 Å². The minimum atomic E-state index is -4.02. The van der Waals surface area contributed by atoms with Gasteiger partial charge in [0.2, 0.25) is 10.0 Å². The lowest BCUT2D eigenvalue weighted by Gasteiger charge is -2.08. The molecule has 0 radical (unpaired) electrons. The molecule has 2 aromatic carbocycles. The van der Waals surface area contributed by atoms with Gasteiger partial charge in [-0.3, -0.25) is 0 Å². The minimum Gasteiger partial charge on any atom is -0.465 e. The van der Waals surface area contributed by atoms with Crippen molar-refractivity contribution in [3.63, 3.8) is 0 Å². The molecule has 0 aliphatic heterocycles. The summed E-state index contributed by atoms with van der Waals surface area (Å²) in [5.74, 6) is -1.75. The van der Waals surface area contributed by atoms with Crippen LogP contribution in [0, 0.1) is 5.82 Å². The highest BCUT2D eigenvalue weighted by atomic mass is 32.2. The molecule has 0 aliphatic rings. The monoisotopic (exact) mass is 323 g/mol. The Kier molecular flexibility index (Phi) is 4.89. The van der Waals surface area contributed by atoms with Crippen molar-refractivity contribution in [3.8, 4) is 0 Å². The Morgan fingerprint density at radius 1 is 1.18 bits per heavy atom. The van der Waals surface area contributed by atoms with E-state index >= 15 is 0 Å². The molecule has 0 aromatic heterocycles. The Balaban J connectivity index is 2.21. The maximum atomic E-state index is 13.9. The molecule has 5 nitrogen and oxygen atoms in total. The van der Waals surface area contributed by atoms with E-state index in [2.05, 4.69) is 9.46 Å². The Morgan fingerprint density at radius 3 is 2.45 bits per heavy atom. The standard InChI is InChI=1S/C15H14FNO4S/c1-21-15(18)12-7-8-14(13(16)9-12)22(19,20)17-10-11-5-3-2-4-6-11/h2-9,17H,10H2,1H3. The van der Waals surface area contributed by atoms with Gasteiger partial charge >= 0.3 is 5.97 Å². The molecule has 0 saturated heterocycles. The van der Waals surface area contributed by atoms with Crippen LogP contribution < -0.4 is 4.72 Å². The van der Waals surface area contributed by atoms with Crippen LogP contribution in [-0.2, 0) is 21.3 Å². The van der Waals surface area contributed by atoms with Crippen LogP contribution in [0.25, 0.3) is 0 Å². The second-order valence-corrected chi connectivity index (χ2v) is 6.18. The van der Waals surface area contributed by atoms with Gasteiger partial charge in [-0.15, -0.1) is 0 Å². The quantitative estimate of drug-likeness (QED) is 0.855. The third-order valence-corrected chi connectivity index (χ3v) is 4.39. The number of hydrogen-bond donors (Lipinski definition) is 1. The van der Waals surface area contributed by atoms with E-state index < -0.39 is 26.7 Å². The van der Waals surface area contributed by atoms with Crippen molar-refractivity contribution in [2.45, 2.75) is 11.4 Å². The fourth-order valence-electron chi connectivity index (χ4n) is 1.82. The molecule has 2 aromatic rings. The van der Waals surface area contributed by atoms with E-state index in [1.807, 2.05) is 6.07 Å². The fraction of sp³-hybridized carbons (Fsp3) is 0.133. The Hall–Kier alpha value is -2.25. The number of methoxy groups -OCH3 is 1. The summed E-state index contributed by atoms with van der Waals surface area (Å²) < 4.78 is 44.9. The highest BCUT2D eigenvalue weighted by molar-refractivity contribution is 7.89. The number of carbonyl (C=O) groups is 1. The lowest BCUT2D eigenvalue weighted by Crippen LogP contribution is -2.24. The number of benzene rings is 2. The molecule has 0 saturated carbocycles. The number of sulfonamides is 1. The van der Waals surface area contributed by atoms with Crippen LogP contribution in [0.4, 0.5) is 4.39 Å². The van der Waals surface area contributed by atoms with Crippen molar-refractivity contribution in [2.75, 3.05) is 7.11 Å². The van der Waals surface area contributed by atoms with Crippen LogP contribution in [-0.4, -0.2) is 21.5 Å². The molecule has 0 bridgehead atoms. The first-order valence-corrected chi connectivity index (χ1v) is 7.84. The van der Waals surface area contributed by atoms with Crippen molar-refractivity contribution >= 4 is 16.0 Å². The molecule has 7 heteroatoms. The second-order valence-electron chi connectivity index (χ2n) is 4.45. The average Bonchev–Trinajstić information content (AvgIpc) is 2.53. The normalized spacial score (nSPS) is 11.2. The van der Waals surface area contributed by atoms with Gasteiger partial charge in [0.05, 0.1) is 12.7 Å². The zero-order chi connectivity index (χ0) is 16.2. The molecule has 0 heterocycles. The average molecular weight is 323 g/mol. The Bertz CT molecular complexity index is 775. The summed E-state index contributed by atoms with van der Waals surface area (Å²) in [5.41, 5.74) is 0.694. The first-order valence-electron chi connectivity index (χ1n) is 6.35. The molecule has 0 spiro atoms. The van der Waals surface area contributed by atoms with Crippen LogP contribution in [0.2, 0.25) is 0 Å². The largest absolute Gasteiger partial charge is 0.465 e. The molecule has 116 valence electrons. The van der Waals surface area contributed by atoms with Crippen molar-refractivity contribution < 1.29 is 22.3 Å². The van der Waals surface area contributed by atoms with Gasteiger partial charge in [0.1, 0.15) is 10.7 Å². The van der Waals surface area contributed by atoms with Crippen molar-refractivity contribution in [2.24, 2.45) is 0 Å². The van der Waals surface area contributed by atoms with Gasteiger partial charge in [-0.05, 0) is 23.8 Å². The third kappa shape index (κ3) is 3.69. The highest BCUT2D eigenvalue weighted by Gasteiger charge is 2.20. The summed E-state index contributed by atoms with van der Waals surface area (Å²) in [7, 11) is -2.86. The van der Waals surface area contributed by atoms with Crippen molar-refractivity contribution in [1.29, 1.82) is 0 Å². The number of nitrogens with one attached hydrogen (secondary N) is 1. The van der Waals surface area contributed by atoms with Crippen LogP contribution in [0.1, 0.15) is 15.9 Å². The molecule has 0 aliphatic carbocycles. The van der Waals surface area contributed by atoms with E-state index in [1.165, 1.54) is 6.07 Å². The number of carbonyl (C=O) groups excluding carboxylic acids is 1. The molecule has 2 rings (SSSR count). The Morgan fingerprint density at radius 2 is 1.86 bits per heavy atom. The summed E-state index contributed by atoms with van der Waals surface area (Å²) >= 11 is 0. The maximum Gasteiger partial charge on any atom is 0.337 e. The van der Waals surface area contributed by atoms with Gasteiger partial charge in [0, 0.05) is 6.54 Å². The first-order chi connectivity index (χ1) is 10.4. The molecule has 0 atom stereocenters. The molecule has 22 heavy (non-hydrogen) atoms. The molecular formula is C15H14FNO4S. The van der Waals surface area contributed by atoms with Gasteiger partial charge in [0.25, 0.3) is 0 Å². The zero-order valence-electron chi connectivity index (χ0n) is 11.7. The first kappa shape index (κ1) is 16.1. The van der Waals surface area contributed by atoms with Crippen LogP contribution >= 0.6 is 0 Å². The van der Waals surface area contributed by atoms with Crippen LogP contribution in [0.5, 0.6) is 0 Å². The lowest BCUT2D eigenvalue weighted by atomic mass is 10.2. The summed E-state index contributed by atoms with van der Waals surface area (Å²) in [5, 5.41) is 0. The third-order valence-electron chi connectivity index (χ3n) is 2.95. The minimum absolute atomic E-state index is 0.0430.